The highest BCUT2D eigenvalue weighted by molar-refractivity contribution is 6.05. The molecule has 0 aliphatic carbocycles. The number of hydrogen-bond acceptors (Lipinski definition) is 6. The van der Waals surface area contributed by atoms with Gasteiger partial charge in [0.25, 0.3) is 5.91 Å². The second-order valence-corrected chi connectivity index (χ2v) is 6.23. The Hall–Kier alpha value is -3.55. The number of carbonyl (C=O) groups excluding carboxylic acids is 2. The fourth-order valence-electron chi connectivity index (χ4n) is 2.50. The molecule has 8 nitrogen and oxygen atoms in total. The summed E-state index contributed by atoms with van der Waals surface area (Å²) in [6.45, 7) is 3.56. The maximum Gasteiger partial charge on any atom is 0.277 e. The number of para-hydroxylation sites is 1. The van der Waals surface area contributed by atoms with Gasteiger partial charge in [0, 0.05) is 17.5 Å². The molecule has 3 rings (SSSR count). The van der Waals surface area contributed by atoms with Crippen LogP contribution >= 0.6 is 0 Å². The second kappa shape index (κ2) is 8.90. The molecule has 1 aliphatic heterocycles. The molecule has 2 aromatic rings. The van der Waals surface area contributed by atoms with E-state index in [1.807, 2.05) is 25.1 Å². The minimum Gasteiger partial charge on any atom is -0.483 e. The summed E-state index contributed by atoms with van der Waals surface area (Å²) in [4.78, 5) is 24.0. The first-order valence-corrected chi connectivity index (χ1v) is 8.71. The average molecular weight is 383 g/mol. The minimum atomic E-state index is -0.404. The molecular weight excluding hydrogens is 362 g/mol. The number of benzene rings is 2. The van der Waals surface area contributed by atoms with E-state index >= 15 is 0 Å². The van der Waals surface area contributed by atoms with Gasteiger partial charge in [-0.25, -0.2) is 5.43 Å². The number of hydrogen-bond donors (Lipinski definition) is 2. The van der Waals surface area contributed by atoms with Crippen LogP contribution in [0.15, 0.2) is 47.6 Å². The van der Waals surface area contributed by atoms with Gasteiger partial charge in [0.2, 0.25) is 12.7 Å². The van der Waals surface area contributed by atoms with Crippen molar-refractivity contribution in [3.05, 3.63) is 48.0 Å². The Morgan fingerprint density at radius 2 is 1.89 bits per heavy atom. The fraction of sp³-hybridized carbons (Fsp3) is 0.250. The normalized spacial score (nSPS) is 12.4. The van der Waals surface area contributed by atoms with Gasteiger partial charge in [0.05, 0.1) is 6.42 Å². The number of rotatable bonds is 7. The Balaban J connectivity index is 1.44. The Bertz CT molecular complexity index is 910. The summed E-state index contributed by atoms with van der Waals surface area (Å²) in [6.07, 6.45) is 0.0351. The van der Waals surface area contributed by atoms with Gasteiger partial charge in [-0.15, -0.1) is 0 Å². The number of aryl methyl sites for hydroxylation is 1. The SMILES string of the molecule is C/C(CC(=O)Nc1ccc2c(c1)OCO2)=N\NC(=O)COc1ccccc1C. The van der Waals surface area contributed by atoms with Gasteiger partial charge in [0.15, 0.2) is 18.1 Å². The van der Waals surface area contributed by atoms with Gasteiger partial charge in [-0.2, -0.15) is 5.10 Å². The topological polar surface area (TPSA) is 98.3 Å². The van der Waals surface area contributed by atoms with Crippen LogP contribution in [0.1, 0.15) is 18.9 Å². The van der Waals surface area contributed by atoms with E-state index in [0.717, 1.165) is 5.56 Å². The summed E-state index contributed by atoms with van der Waals surface area (Å²) in [7, 11) is 0. The molecular formula is C20H21N3O5. The van der Waals surface area contributed by atoms with E-state index in [0.29, 0.717) is 28.6 Å². The lowest BCUT2D eigenvalue weighted by molar-refractivity contribution is -0.123. The van der Waals surface area contributed by atoms with Crippen molar-refractivity contribution in [1.82, 2.24) is 5.43 Å². The molecule has 0 fully saturated rings. The Morgan fingerprint density at radius 1 is 1.11 bits per heavy atom. The lowest BCUT2D eigenvalue weighted by atomic mass is 10.2. The lowest BCUT2D eigenvalue weighted by Crippen LogP contribution is -2.26. The summed E-state index contributed by atoms with van der Waals surface area (Å²) >= 11 is 0. The summed E-state index contributed by atoms with van der Waals surface area (Å²) in [6, 6.07) is 12.6. The monoisotopic (exact) mass is 383 g/mol. The number of hydrazone groups is 1. The van der Waals surface area contributed by atoms with Gasteiger partial charge in [-0.05, 0) is 37.6 Å². The molecule has 1 aliphatic rings. The van der Waals surface area contributed by atoms with Crippen LogP contribution in [0.3, 0.4) is 0 Å². The van der Waals surface area contributed by atoms with E-state index in [1.165, 1.54) is 0 Å². The van der Waals surface area contributed by atoms with Crippen molar-refractivity contribution in [3.63, 3.8) is 0 Å². The van der Waals surface area contributed by atoms with Gasteiger partial charge < -0.3 is 19.5 Å². The van der Waals surface area contributed by atoms with Gasteiger partial charge in [0.1, 0.15) is 5.75 Å². The van der Waals surface area contributed by atoms with Crippen LogP contribution in [-0.2, 0) is 9.59 Å². The molecule has 8 heteroatoms. The molecule has 0 radical (unpaired) electrons. The highest BCUT2D eigenvalue weighted by Crippen LogP contribution is 2.34. The third kappa shape index (κ3) is 5.23. The molecule has 2 amide bonds. The zero-order valence-corrected chi connectivity index (χ0v) is 15.7. The van der Waals surface area contributed by atoms with Crippen LogP contribution < -0.4 is 25.0 Å². The molecule has 146 valence electrons. The van der Waals surface area contributed by atoms with Crippen LogP contribution in [-0.4, -0.2) is 30.9 Å². The number of ether oxygens (including phenoxy) is 3. The zero-order valence-electron chi connectivity index (χ0n) is 15.7. The Kier molecular flexibility index (Phi) is 6.11. The van der Waals surface area contributed by atoms with Crippen molar-refractivity contribution >= 4 is 23.2 Å². The van der Waals surface area contributed by atoms with E-state index in [9.17, 15) is 9.59 Å². The number of amides is 2. The average Bonchev–Trinajstić information content (AvgIpc) is 3.13. The van der Waals surface area contributed by atoms with Crippen molar-refractivity contribution < 1.29 is 23.8 Å². The lowest BCUT2D eigenvalue weighted by Gasteiger charge is -2.08. The van der Waals surface area contributed by atoms with E-state index in [1.54, 1.807) is 31.2 Å². The molecule has 2 N–H and O–H groups in total. The smallest absolute Gasteiger partial charge is 0.277 e. The number of nitrogens with one attached hydrogen (secondary N) is 2. The molecule has 2 aromatic carbocycles. The highest BCUT2D eigenvalue weighted by Gasteiger charge is 2.14. The quantitative estimate of drug-likeness (QED) is 0.566. The molecule has 0 spiro atoms. The van der Waals surface area contributed by atoms with Crippen molar-refractivity contribution in [2.24, 2.45) is 5.10 Å². The van der Waals surface area contributed by atoms with E-state index in [2.05, 4.69) is 15.8 Å². The van der Waals surface area contributed by atoms with Crippen molar-refractivity contribution in [2.45, 2.75) is 20.3 Å². The standard InChI is InChI=1S/C20H21N3O5/c1-13-5-3-4-6-16(13)26-11-20(25)23-22-14(2)9-19(24)21-15-7-8-17-18(10-15)28-12-27-17/h3-8,10H,9,11-12H2,1-2H3,(H,21,24)(H,23,25)/b22-14+. The maximum absolute atomic E-state index is 12.1. The molecule has 0 bridgehead atoms. The van der Waals surface area contributed by atoms with Crippen molar-refractivity contribution in [1.29, 1.82) is 0 Å². The first-order chi connectivity index (χ1) is 13.5. The molecule has 28 heavy (non-hydrogen) atoms. The first kappa shape index (κ1) is 19.2. The highest BCUT2D eigenvalue weighted by atomic mass is 16.7. The summed E-state index contributed by atoms with van der Waals surface area (Å²) in [5.41, 5.74) is 4.38. The van der Waals surface area contributed by atoms with Crippen LogP contribution in [0.25, 0.3) is 0 Å². The molecule has 0 saturated heterocycles. The number of fused-ring (bicyclic) bond motifs is 1. The van der Waals surface area contributed by atoms with Gasteiger partial charge in [-0.1, -0.05) is 18.2 Å². The van der Waals surface area contributed by atoms with Crippen LogP contribution in [0.2, 0.25) is 0 Å². The predicted octanol–water partition coefficient (Wildman–Crippen LogP) is 2.62. The zero-order chi connectivity index (χ0) is 19.9. The van der Waals surface area contributed by atoms with Crippen molar-refractivity contribution in [2.75, 3.05) is 18.7 Å². The third-order valence-electron chi connectivity index (χ3n) is 3.90. The molecule has 0 saturated carbocycles. The maximum atomic E-state index is 12.1. The van der Waals surface area contributed by atoms with Crippen molar-refractivity contribution in [3.8, 4) is 17.2 Å². The third-order valence-corrected chi connectivity index (χ3v) is 3.90. The van der Waals surface area contributed by atoms with Crippen LogP contribution in [0, 0.1) is 6.92 Å². The summed E-state index contributed by atoms with van der Waals surface area (Å²) in [5.74, 6) is 1.21. The molecule has 0 unspecified atom stereocenters. The fourth-order valence-corrected chi connectivity index (χ4v) is 2.50. The van der Waals surface area contributed by atoms with Crippen LogP contribution in [0.5, 0.6) is 17.2 Å². The Morgan fingerprint density at radius 3 is 2.71 bits per heavy atom. The predicted molar refractivity (Wildman–Crippen MR) is 104 cm³/mol. The van der Waals surface area contributed by atoms with Crippen LogP contribution in [0.4, 0.5) is 5.69 Å². The number of nitrogens with zero attached hydrogens (tertiary/aromatic N) is 1. The molecule has 0 aromatic heterocycles. The largest absolute Gasteiger partial charge is 0.483 e. The van der Waals surface area contributed by atoms with Gasteiger partial charge in [-0.3, -0.25) is 9.59 Å². The molecule has 0 atom stereocenters. The van der Waals surface area contributed by atoms with E-state index in [-0.39, 0.29) is 25.7 Å². The van der Waals surface area contributed by atoms with E-state index < -0.39 is 5.91 Å². The van der Waals surface area contributed by atoms with E-state index in [4.69, 9.17) is 14.2 Å². The van der Waals surface area contributed by atoms with Gasteiger partial charge >= 0.3 is 0 Å². The first-order valence-electron chi connectivity index (χ1n) is 8.71. The summed E-state index contributed by atoms with van der Waals surface area (Å²) < 4.78 is 15.9. The molecule has 1 heterocycles. The Labute approximate surface area is 162 Å². The minimum absolute atomic E-state index is 0.0351. The number of carbonyl (C=O) groups is 2. The number of anilines is 1. The second-order valence-electron chi connectivity index (χ2n) is 6.23. The summed E-state index contributed by atoms with van der Waals surface area (Å²) in [5, 5.41) is 6.68.